The molecule has 1 aliphatic rings. The average molecular weight is 371 g/mol. The quantitative estimate of drug-likeness (QED) is 0.681. The number of ketones is 1. The topological polar surface area (TPSA) is 23.6 Å². The number of carbonyl (C=O) groups excluding carboxylic acids is 1. The fourth-order valence-corrected chi connectivity index (χ4v) is 3.71. The third kappa shape index (κ3) is 4.66. The summed E-state index contributed by atoms with van der Waals surface area (Å²) in [5, 5.41) is 0.784. The van der Waals surface area contributed by atoms with E-state index in [9.17, 15) is 4.79 Å². The maximum atomic E-state index is 12.0. The van der Waals surface area contributed by atoms with Crippen LogP contribution in [0.15, 0.2) is 42.5 Å². The number of Topliss-reactive ketones (excluding diaryl/α,β-unsaturated/α-hetero) is 1. The van der Waals surface area contributed by atoms with Gasteiger partial charge >= 0.3 is 0 Å². The third-order valence-electron chi connectivity index (χ3n) is 5.05. The Hall–Kier alpha value is -1.84. The minimum atomic E-state index is 0.164. The first-order valence-electron chi connectivity index (χ1n) is 9.42. The summed E-state index contributed by atoms with van der Waals surface area (Å²) in [5.41, 5.74) is 4.52. The Morgan fingerprint density at radius 2 is 1.73 bits per heavy atom. The van der Waals surface area contributed by atoms with E-state index in [1.807, 2.05) is 12.1 Å². The van der Waals surface area contributed by atoms with Crippen LogP contribution in [0.2, 0.25) is 5.02 Å². The Balaban J connectivity index is 1.63. The van der Waals surface area contributed by atoms with Gasteiger partial charge in [-0.1, -0.05) is 43.1 Å². The van der Waals surface area contributed by atoms with Crippen molar-refractivity contribution in [3.8, 4) is 0 Å². The van der Waals surface area contributed by atoms with Crippen molar-refractivity contribution in [1.82, 2.24) is 4.90 Å². The van der Waals surface area contributed by atoms with Gasteiger partial charge in [-0.2, -0.15) is 0 Å². The molecule has 0 bridgehead atoms. The van der Waals surface area contributed by atoms with E-state index >= 15 is 0 Å². The number of anilines is 1. The highest BCUT2D eigenvalue weighted by molar-refractivity contribution is 6.30. The summed E-state index contributed by atoms with van der Waals surface area (Å²) in [6.07, 6.45) is 2.02. The van der Waals surface area contributed by atoms with Crippen LogP contribution in [-0.2, 0) is 13.0 Å². The van der Waals surface area contributed by atoms with Crippen LogP contribution in [0.4, 0.5) is 5.69 Å². The average Bonchev–Trinajstić information content (AvgIpc) is 2.65. The van der Waals surface area contributed by atoms with Crippen molar-refractivity contribution >= 4 is 23.1 Å². The number of benzene rings is 2. The number of carbonyl (C=O) groups is 1. The zero-order valence-corrected chi connectivity index (χ0v) is 16.4. The van der Waals surface area contributed by atoms with E-state index in [-0.39, 0.29) is 5.78 Å². The Morgan fingerprint density at radius 3 is 2.35 bits per heavy atom. The van der Waals surface area contributed by atoms with Gasteiger partial charge in [-0.3, -0.25) is 9.69 Å². The molecular formula is C22H27ClN2O. The predicted octanol–water partition coefficient (Wildman–Crippen LogP) is 4.82. The van der Waals surface area contributed by atoms with Crippen LogP contribution in [0.3, 0.4) is 0 Å². The zero-order chi connectivity index (χ0) is 18.5. The van der Waals surface area contributed by atoms with Crippen molar-refractivity contribution in [3.63, 3.8) is 0 Å². The van der Waals surface area contributed by atoms with Gasteiger partial charge in [-0.05, 0) is 48.7 Å². The van der Waals surface area contributed by atoms with E-state index in [0.29, 0.717) is 0 Å². The molecule has 0 aliphatic carbocycles. The van der Waals surface area contributed by atoms with Gasteiger partial charge < -0.3 is 4.90 Å². The van der Waals surface area contributed by atoms with Gasteiger partial charge in [0.05, 0.1) is 0 Å². The lowest BCUT2D eigenvalue weighted by atomic mass is 9.99. The number of rotatable bonds is 6. The fraction of sp³-hybridized carbons (Fsp3) is 0.409. The van der Waals surface area contributed by atoms with Crippen molar-refractivity contribution in [2.24, 2.45) is 0 Å². The van der Waals surface area contributed by atoms with Crippen LogP contribution >= 0.6 is 11.6 Å². The van der Waals surface area contributed by atoms with Crippen LogP contribution in [0.25, 0.3) is 0 Å². The van der Waals surface area contributed by atoms with Gasteiger partial charge in [0, 0.05) is 49.0 Å². The molecule has 1 aliphatic heterocycles. The Labute approximate surface area is 161 Å². The minimum Gasteiger partial charge on any atom is -0.369 e. The molecule has 1 saturated heterocycles. The summed E-state index contributed by atoms with van der Waals surface area (Å²) in [6.45, 7) is 8.79. The second-order valence-electron chi connectivity index (χ2n) is 7.04. The predicted molar refractivity (Wildman–Crippen MR) is 109 cm³/mol. The second-order valence-corrected chi connectivity index (χ2v) is 7.47. The molecule has 0 unspecified atom stereocenters. The number of halogens is 1. The van der Waals surface area contributed by atoms with Gasteiger partial charge in [0.2, 0.25) is 0 Å². The molecule has 1 heterocycles. The highest BCUT2D eigenvalue weighted by atomic mass is 35.5. The molecule has 138 valence electrons. The third-order valence-corrected chi connectivity index (χ3v) is 5.30. The van der Waals surface area contributed by atoms with Crippen molar-refractivity contribution in [1.29, 1.82) is 0 Å². The zero-order valence-electron chi connectivity index (χ0n) is 15.7. The summed E-state index contributed by atoms with van der Waals surface area (Å²) in [5.74, 6) is 0.164. The SMILES string of the molecule is CCCc1ccc(N2CCN(Cc3ccc(Cl)cc3)CC2)cc1C(C)=O. The Kier molecular flexibility index (Phi) is 6.33. The van der Waals surface area contributed by atoms with Crippen molar-refractivity contribution in [2.75, 3.05) is 31.1 Å². The molecule has 1 fully saturated rings. The first-order chi connectivity index (χ1) is 12.6. The van der Waals surface area contributed by atoms with E-state index in [0.717, 1.165) is 56.2 Å². The van der Waals surface area contributed by atoms with Crippen molar-refractivity contribution < 1.29 is 4.79 Å². The van der Waals surface area contributed by atoms with Crippen LogP contribution in [-0.4, -0.2) is 36.9 Å². The van der Waals surface area contributed by atoms with Crippen LogP contribution < -0.4 is 4.90 Å². The van der Waals surface area contributed by atoms with E-state index in [2.05, 4.69) is 47.1 Å². The number of aryl methyl sites for hydroxylation is 1. The lowest BCUT2D eigenvalue weighted by Crippen LogP contribution is -2.46. The first kappa shape index (κ1) is 18.9. The van der Waals surface area contributed by atoms with Gasteiger partial charge in [-0.25, -0.2) is 0 Å². The van der Waals surface area contributed by atoms with Crippen LogP contribution in [0.1, 0.15) is 41.8 Å². The summed E-state index contributed by atoms with van der Waals surface area (Å²) < 4.78 is 0. The van der Waals surface area contributed by atoms with E-state index in [4.69, 9.17) is 11.6 Å². The standard InChI is InChI=1S/C22H27ClN2O/c1-3-4-19-7-10-21(15-22(19)17(2)26)25-13-11-24(12-14-25)16-18-5-8-20(23)9-6-18/h5-10,15H,3-4,11-14,16H2,1-2H3. The number of piperazine rings is 1. The number of nitrogens with zero attached hydrogens (tertiary/aromatic N) is 2. The summed E-state index contributed by atoms with van der Waals surface area (Å²) in [4.78, 5) is 16.9. The Morgan fingerprint density at radius 1 is 1.04 bits per heavy atom. The molecule has 0 radical (unpaired) electrons. The molecule has 2 aromatic rings. The molecule has 26 heavy (non-hydrogen) atoms. The number of hydrogen-bond acceptors (Lipinski definition) is 3. The summed E-state index contributed by atoms with van der Waals surface area (Å²) in [7, 11) is 0. The Bertz CT molecular complexity index is 749. The van der Waals surface area contributed by atoms with Gasteiger partial charge in [0.25, 0.3) is 0 Å². The maximum absolute atomic E-state index is 12.0. The van der Waals surface area contributed by atoms with E-state index < -0.39 is 0 Å². The molecule has 0 amide bonds. The molecule has 0 N–H and O–H groups in total. The monoisotopic (exact) mass is 370 g/mol. The lowest BCUT2D eigenvalue weighted by molar-refractivity contribution is 0.101. The molecule has 3 nitrogen and oxygen atoms in total. The highest BCUT2D eigenvalue weighted by Crippen LogP contribution is 2.23. The second kappa shape index (κ2) is 8.70. The molecular weight excluding hydrogens is 344 g/mol. The van der Waals surface area contributed by atoms with Gasteiger partial charge in [0.15, 0.2) is 5.78 Å². The maximum Gasteiger partial charge on any atom is 0.160 e. The van der Waals surface area contributed by atoms with E-state index in [1.165, 1.54) is 16.8 Å². The van der Waals surface area contributed by atoms with E-state index in [1.54, 1.807) is 6.92 Å². The highest BCUT2D eigenvalue weighted by Gasteiger charge is 2.19. The minimum absolute atomic E-state index is 0.164. The molecule has 4 heteroatoms. The fourth-order valence-electron chi connectivity index (χ4n) is 3.59. The molecule has 2 aromatic carbocycles. The molecule has 0 atom stereocenters. The molecule has 0 saturated carbocycles. The molecule has 0 spiro atoms. The smallest absolute Gasteiger partial charge is 0.160 e. The van der Waals surface area contributed by atoms with Crippen molar-refractivity contribution in [3.05, 3.63) is 64.2 Å². The van der Waals surface area contributed by atoms with Gasteiger partial charge in [0.1, 0.15) is 0 Å². The van der Waals surface area contributed by atoms with Crippen LogP contribution in [0, 0.1) is 0 Å². The summed E-state index contributed by atoms with van der Waals surface area (Å²) >= 11 is 5.96. The largest absolute Gasteiger partial charge is 0.369 e. The molecule has 3 rings (SSSR count). The molecule has 0 aromatic heterocycles. The van der Waals surface area contributed by atoms with Gasteiger partial charge in [-0.15, -0.1) is 0 Å². The number of hydrogen-bond donors (Lipinski definition) is 0. The lowest BCUT2D eigenvalue weighted by Gasteiger charge is -2.36. The van der Waals surface area contributed by atoms with Crippen LogP contribution in [0.5, 0.6) is 0 Å². The normalized spacial score (nSPS) is 15.3. The van der Waals surface area contributed by atoms with Crippen molar-refractivity contribution in [2.45, 2.75) is 33.2 Å². The summed E-state index contributed by atoms with van der Waals surface area (Å²) in [6, 6.07) is 14.5. The first-order valence-corrected chi connectivity index (χ1v) is 9.80.